The number of nitriles is 3. The number of amides is 4. The second-order valence-corrected chi connectivity index (χ2v) is 39.2. The Kier molecular flexibility index (Phi) is 32.1. The number of aromatic nitrogens is 6. The molecule has 0 aliphatic carbocycles. The number of fused-ring (bicyclic) bond motifs is 3. The van der Waals surface area contributed by atoms with E-state index in [1.807, 2.05) is 0 Å². The largest absolute Gasteiger partial charge is 0.481 e. The molecule has 6 aromatic carbocycles. The van der Waals surface area contributed by atoms with Gasteiger partial charge in [-0.25, -0.2) is 54.9 Å². The van der Waals surface area contributed by atoms with Crippen LogP contribution in [0.1, 0.15) is 135 Å². The summed E-state index contributed by atoms with van der Waals surface area (Å²) in [5, 5.41) is 38.2. The number of ether oxygens (including phenoxy) is 2. The molecule has 674 valence electrons. The predicted molar refractivity (Wildman–Crippen MR) is 483 cm³/mol. The summed E-state index contributed by atoms with van der Waals surface area (Å²) in [4.78, 5) is 94.5. The van der Waals surface area contributed by atoms with Crippen LogP contribution in [0.4, 0.5) is 34.9 Å². The summed E-state index contributed by atoms with van der Waals surface area (Å²) >= 11 is 37.4. The summed E-state index contributed by atoms with van der Waals surface area (Å²) < 4.78 is 101. The number of rotatable bonds is 18. The van der Waals surface area contributed by atoms with E-state index in [9.17, 15) is 64.4 Å². The lowest BCUT2D eigenvalue weighted by Crippen LogP contribution is -2.45. The van der Waals surface area contributed by atoms with Gasteiger partial charge in [0.25, 0.3) is 47.8 Å². The van der Waals surface area contributed by atoms with Crippen LogP contribution in [0.2, 0.25) is 30.1 Å². The number of halogens is 6. The minimum Gasteiger partial charge on any atom is -0.481 e. The summed E-state index contributed by atoms with van der Waals surface area (Å²) in [5.74, 6) is -4.10. The fraction of sp³-hybridized carbons (Fsp3) is 0.379. The molecule has 9 aromatic rings. The number of methoxy groups -OCH3 is 1. The van der Waals surface area contributed by atoms with E-state index >= 15 is 0 Å². The zero-order valence-corrected chi connectivity index (χ0v) is 73.4. The van der Waals surface area contributed by atoms with Gasteiger partial charge in [-0.3, -0.25) is 42.5 Å². The molecular formula is C87H96Cl6N16O15S3. The van der Waals surface area contributed by atoms with E-state index in [2.05, 4.69) is 33.2 Å². The van der Waals surface area contributed by atoms with Gasteiger partial charge in [-0.1, -0.05) is 136 Å². The molecule has 4 saturated heterocycles. The summed E-state index contributed by atoms with van der Waals surface area (Å²) in [7, 11) is -11.1. The van der Waals surface area contributed by atoms with Gasteiger partial charge >= 0.3 is 11.9 Å². The van der Waals surface area contributed by atoms with Crippen LogP contribution in [0, 0.1) is 51.7 Å². The minimum atomic E-state index is -4.15. The maximum Gasteiger partial charge on any atom is 0.308 e. The Hall–Kier alpha value is -10.3. The first-order valence-corrected chi connectivity index (χ1v) is 45.3. The number of hydrogen-bond donors (Lipinski definition) is 2. The molecule has 127 heavy (non-hydrogen) atoms. The van der Waals surface area contributed by atoms with Crippen LogP contribution < -0.4 is 20.4 Å². The third kappa shape index (κ3) is 20.1. The fourth-order valence-electron chi connectivity index (χ4n) is 16.3. The number of nitrogens with zero attached hydrogens (tertiary/aromatic N) is 15. The van der Waals surface area contributed by atoms with Crippen LogP contribution in [0.15, 0.2) is 161 Å². The first-order valence-electron chi connectivity index (χ1n) is 38.7. The zero-order valence-electron chi connectivity index (χ0n) is 66.5. The maximum atomic E-state index is 14.2. The van der Waals surface area contributed by atoms with Gasteiger partial charge in [0.15, 0.2) is 15.1 Å². The van der Waals surface area contributed by atoms with Crippen LogP contribution in [0.25, 0.3) is 0 Å². The molecule has 0 spiro atoms. The second kappa shape index (κ2) is 40.6. The van der Waals surface area contributed by atoms with Gasteiger partial charge in [0.2, 0.25) is 23.8 Å². The Morgan fingerprint density at radius 3 is 0.921 bits per heavy atom. The monoisotopic (exact) mass is 1910 g/mol. The molecular weight excluding hydrogens is 1820 g/mol. The molecule has 7 aliphatic heterocycles. The van der Waals surface area contributed by atoms with E-state index in [1.54, 1.807) is 130 Å². The third-order valence-electron chi connectivity index (χ3n) is 22.7. The Labute approximate surface area is 768 Å². The number of carbonyl (C=O) groups excluding carboxylic acids is 5. The number of carboxylic acid groups (broad SMARTS) is 1. The van der Waals surface area contributed by atoms with Crippen LogP contribution in [-0.4, -0.2) is 167 Å². The number of nitrogens with two attached hydrogens (primary N) is 1. The number of piperidine rings is 3. The van der Waals surface area contributed by atoms with Crippen molar-refractivity contribution in [3.8, 4) is 18.2 Å². The van der Waals surface area contributed by atoms with Crippen LogP contribution in [0.3, 0.4) is 0 Å². The first kappa shape index (κ1) is 100. The highest BCUT2D eigenvalue weighted by molar-refractivity contribution is 7.89. The van der Waals surface area contributed by atoms with Crippen LogP contribution in [-0.2, 0) is 104 Å². The highest BCUT2D eigenvalue weighted by atomic mass is 35.5. The quantitative estimate of drug-likeness (QED) is 0.0753. The SMILES string of the molecule is C.C.C.C.C1CCOC1.COC(=O)C1CCN(S(=O)(=O)c2cnc3n2[C@](C)(Cc2ccc(C#N)cc2)C(=O)N3c2cc(Cl)cc(Cl)c2)CC1.C[C@@]1(Cc2ccc(C#N)cc2)C(=O)N(c2cc(Cl)cc(Cl)c2)c2ncc(S(=O)(=O)N3CCC(C(=O)O)CC3)n21.C[C@@]1(Cc2ccc(C#N)cc2)C(=O)N(c2cc(Cl)cc(Cl)c2)c2ncc(S(=O)(=O)N3CCC(C(N)=O)CC3)n21. The van der Waals surface area contributed by atoms with Crippen molar-refractivity contribution in [2.75, 3.05) is 74.3 Å². The van der Waals surface area contributed by atoms with Crippen molar-refractivity contribution in [3.05, 3.63) is 210 Å². The van der Waals surface area contributed by atoms with E-state index in [0.717, 1.165) is 24.3 Å². The maximum absolute atomic E-state index is 14.2. The smallest absolute Gasteiger partial charge is 0.308 e. The molecule has 7 aliphatic rings. The molecule has 0 radical (unpaired) electrons. The van der Waals surface area contributed by atoms with Crippen molar-refractivity contribution in [1.29, 1.82) is 15.8 Å². The standard InChI is InChI=1S/C27H25Cl2N5O5S.C26H24Cl2N6O4S.C26H23Cl2N5O5S.C4H8O.4CH4/c1-27(14-17-3-5-18(15-30)6-4-17)25(36)33(22-12-20(28)11-21(29)13-22)26-31-16-23(34(26)27)40(37,38)32-9-7-19(8-10-32)24(35)39-2;1-26(13-16-2-4-17(14-29)5-3-16)24(36)33(21-11-19(27)10-20(28)12-21)25-31-15-22(34(25)26)39(37,38)32-8-6-18(7-9-32)23(30)35;1-26(13-16-2-4-17(14-29)5-3-16)24(36)32(21-11-19(27)10-20(28)12-21)25-30-15-22(33(25)26)39(37,38)31-8-6-18(7-9-31)23(34)35;1-2-4-5-3-1;;;;/h3-6,11-13,16,19H,7-10,14H2,1-2H3;2-5,10-12,15,18H,6-9,13H2,1H3,(H2,30,35);2-5,10-12,15,18H,6-9,13H2,1H3,(H,34,35);1-4H2;4*1H4/t27-;2*26-;;;;;/m111...../s1. The Morgan fingerprint density at radius 1 is 0.449 bits per heavy atom. The molecule has 4 amide bonds. The number of imidazole rings is 3. The van der Waals surface area contributed by atoms with E-state index < -0.39 is 82.2 Å². The number of esters is 1. The number of sulfonamides is 3. The van der Waals surface area contributed by atoms with E-state index in [1.165, 1.54) is 98.1 Å². The molecule has 16 rings (SSSR count). The van der Waals surface area contributed by atoms with Gasteiger partial charge in [-0.15, -0.1) is 0 Å². The fourth-order valence-corrected chi connectivity index (χ4v) is 22.8. The summed E-state index contributed by atoms with van der Waals surface area (Å²) in [5.41, 5.74) is 5.76. The number of carboxylic acids is 1. The highest BCUT2D eigenvalue weighted by Gasteiger charge is 2.56. The van der Waals surface area contributed by atoms with Gasteiger partial charge in [-0.05, 0) is 180 Å². The third-order valence-corrected chi connectivity index (χ3v) is 29.6. The van der Waals surface area contributed by atoms with Gasteiger partial charge in [0.05, 0.1) is 89.5 Å². The van der Waals surface area contributed by atoms with Crippen molar-refractivity contribution in [3.63, 3.8) is 0 Å². The summed E-state index contributed by atoms with van der Waals surface area (Å²) in [6, 6.07) is 40.3. The Bertz CT molecular complexity index is 5840. The molecule has 40 heteroatoms. The van der Waals surface area contributed by atoms with E-state index in [0.29, 0.717) is 95.1 Å². The lowest BCUT2D eigenvalue weighted by molar-refractivity contribution is -0.146. The van der Waals surface area contributed by atoms with Gasteiger partial charge in [0, 0.05) is 108 Å². The van der Waals surface area contributed by atoms with Crippen molar-refractivity contribution in [2.24, 2.45) is 23.5 Å². The first-order chi connectivity index (χ1) is 58.4. The zero-order chi connectivity index (χ0) is 88.6. The van der Waals surface area contributed by atoms with Crippen molar-refractivity contribution in [2.45, 2.75) is 153 Å². The number of aliphatic carboxylic acids is 1. The average Bonchev–Trinajstić information content (AvgIpc) is 1.56. The number of primary amides is 1. The van der Waals surface area contributed by atoms with E-state index in [4.69, 9.17) is 95.3 Å². The van der Waals surface area contributed by atoms with Crippen LogP contribution in [0.5, 0.6) is 0 Å². The predicted octanol–water partition coefficient (Wildman–Crippen LogP) is 15.4. The van der Waals surface area contributed by atoms with Crippen molar-refractivity contribution in [1.82, 2.24) is 41.6 Å². The molecule has 0 bridgehead atoms. The van der Waals surface area contributed by atoms with Crippen molar-refractivity contribution < 1.29 is 68.6 Å². The number of carbonyl (C=O) groups is 6. The lowest BCUT2D eigenvalue weighted by Gasteiger charge is -2.31. The van der Waals surface area contributed by atoms with Crippen LogP contribution >= 0.6 is 69.6 Å². The van der Waals surface area contributed by atoms with Gasteiger partial charge in [-0.2, -0.15) is 28.7 Å². The lowest BCUT2D eigenvalue weighted by atomic mass is 9.91. The summed E-state index contributed by atoms with van der Waals surface area (Å²) in [6.07, 6.45) is 8.25. The van der Waals surface area contributed by atoms with Gasteiger partial charge < -0.3 is 20.3 Å². The normalized spacial score (nSPS) is 19.6. The Balaban J connectivity index is 0.000000206. The molecule has 0 unspecified atom stereocenters. The molecule has 0 saturated carbocycles. The number of hydrogen-bond acceptors (Lipinski definition) is 20. The number of anilines is 6. The average molecular weight is 1910 g/mol. The highest BCUT2D eigenvalue weighted by Crippen LogP contribution is 2.50. The molecule has 3 aromatic heterocycles. The number of benzene rings is 6. The Morgan fingerprint density at radius 2 is 0.701 bits per heavy atom. The molecule has 3 N–H and O–H groups in total. The second-order valence-electron chi connectivity index (χ2n) is 30.9. The van der Waals surface area contributed by atoms with Gasteiger partial charge in [0.1, 0.15) is 16.6 Å². The molecule has 31 nitrogen and oxygen atoms in total. The molecule has 3 atom stereocenters. The minimum absolute atomic E-state index is 0. The molecule has 4 fully saturated rings. The molecule has 10 heterocycles. The topological polar surface area (TPSA) is 414 Å². The van der Waals surface area contributed by atoms with Crippen molar-refractivity contribution >= 4 is 170 Å². The summed E-state index contributed by atoms with van der Waals surface area (Å²) in [6.45, 7) is 7.50. The van der Waals surface area contributed by atoms with E-state index in [-0.39, 0.29) is 152 Å².